The molecule has 1 heterocycles. The molecule has 0 aromatic heterocycles. The van der Waals surface area contributed by atoms with Crippen molar-refractivity contribution in [2.45, 2.75) is 26.3 Å². The van der Waals surface area contributed by atoms with Crippen molar-refractivity contribution in [3.05, 3.63) is 22.7 Å². The number of ether oxygens (including phenoxy) is 1. The molecule has 1 aromatic carbocycles. The van der Waals surface area contributed by atoms with Crippen LogP contribution in [0.1, 0.15) is 18.9 Å². The van der Waals surface area contributed by atoms with E-state index >= 15 is 0 Å². The molecule has 4 heteroatoms. The molecule has 0 saturated carbocycles. The summed E-state index contributed by atoms with van der Waals surface area (Å²) in [6, 6.07) is 4.35. The number of nitrogens with two attached hydrogens (primary N) is 1. The van der Waals surface area contributed by atoms with Gasteiger partial charge in [-0.2, -0.15) is 0 Å². The first-order valence-electron chi connectivity index (χ1n) is 6.03. The number of hydrogen-bond acceptors (Lipinski definition) is 3. The number of morpholine rings is 1. The van der Waals surface area contributed by atoms with Gasteiger partial charge in [0.2, 0.25) is 0 Å². The van der Waals surface area contributed by atoms with E-state index in [1.807, 2.05) is 12.1 Å². The van der Waals surface area contributed by atoms with E-state index in [9.17, 15) is 0 Å². The Bertz CT molecular complexity index is 409. The standard InChI is InChI=1S/C13H19ClN2O/c1-3-10-8-17-5-4-16(10)13-7-11(14)12(15)6-9(13)2/h6-7,10H,3-5,8,15H2,1-2H3. The van der Waals surface area contributed by atoms with Crippen molar-refractivity contribution in [2.75, 3.05) is 30.4 Å². The third-order valence-corrected chi connectivity index (χ3v) is 3.65. The number of nitrogens with zero attached hydrogens (tertiary/aromatic N) is 1. The van der Waals surface area contributed by atoms with Crippen molar-refractivity contribution in [3.63, 3.8) is 0 Å². The Labute approximate surface area is 107 Å². The molecular formula is C13H19ClN2O. The number of hydrogen-bond donors (Lipinski definition) is 1. The van der Waals surface area contributed by atoms with Crippen LogP contribution in [0.2, 0.25) is 5.02 Å². The molecule has 1 aromatic rings. The first-order chi connectivity index (χ1) is 8.13. The van der Waals surface area contributed by atoms with Crippen LogP contribution in [-0.2, 0) is 4.74 Å². The predicted molar refractivity (Wildman–Crippen MR) is 72.8 cm³/mol. The highest BCUT2D eigenvalue weighted by atomic mass is 35.5. The van der Waals surface area contributed by atoms with Gasteiger partial charge in [-0.15, -0.1) is 0 Å². The molecule has 1 atom stereocenters. The van der Waals surface area contributed by atoms with Crippen LogP contribution in [0.15, 0.2) is 12.1 Å². The minimum absolute atomic E-state index is 0.433. The van der Waals surface area contributed by atoms with Gasteiger partial charge in [-0.05, 0) is 31.0 Å². The molecule has 1 saturated heterocycles. The highest BCUT2D eigenvalue weighted by Gasteiger charge is 2.23. The molecule has 0 radical (unpaired) electrons. The van der Waals surface area contributed by atoms with Crippen LogP contribution in [0.4, 0.5) is 11.4 Å². The van der Waals surface area contributed by atoms with Crippen molar-refractivity contribution >= 4 is 23.0 Å². The van der Waals surface area contributed by atoms with Gasteiger partial charge in [-0.1, -0.05) is 18.5 Å². The summed E-state index contributed by atoms with van der Waals surface area (Å²) < 4.78 is 5.52. The summed E-state index contributed by atoms with van der Waals surface area (Å²) in [7, 11) is 0. The number of aryl methyl sites for hydroxylation is 1. The van der Waals surface area contributed by atoms with E-state index in [2.05, 4.69) is 18.7 Å². The molecular weight excluding hydrogens is 236 g/mol. The molecule has 1 fully saturated rings. The molecule has 1 aliphatic rings. The van der Waals surface area contributed by atoms with Crippen LogP contribution in [0.5, 0.6) is 0 Å². The van der Waals surface area contributed by atoms with Crippen molar-refractivity contribution in [1.29, 1.82) is 0 Å². The SMILES string of the molecule is CCC1COCCN1c1cc(Cl)c(N)cc1C. The molecule has 1 unspecified atom stereocenters. The largest absolute Gasteiger partial charge is 0.398 e. The van der Waals surface area contributed by atoms with Gasteiger partial charge in [0.05, 0.1) is 30.0 Å². The maximum atomic E-state index is 6.11. The van der Waals surface area contributed by atoms with Crippen LogP contribution < -0.4 is 10.6 Å². The third-order valence-electron chi connectivity index (χ3n) is 3.32. The summed E-state index contributed by atoms with van der Waals surface area (Å²) >= 11 is 6.11. The lowest BCUT2D eigenvalue weighted by Gasteiger charge is -2.38. The Morgan fingerprint density at radius 3 is 3.00 bits per heavy atom. The van der Waals surface area contributed by atoms with E-state index in [0.717, 1.165) is 26.2 Å². The Morgan fingerprint density at radius 1 is 1.53 bits per heavy atom. The number of halogens is 1. The van der Waals surface area contributed by atoms with Gasteiger partial charge in [0.25, 0.3) is 0 Å². The normalized spacial score (nSPS) is 20.6. The van der Waals surface area contributed by atoms with Crippen LogP contribution in [-0.4, -0.2) is 25.8 Å². The smallest absolute Gasteiger partial charge is 0.0670 e. The Kier molecular flexibility index (Phi) is 3.79. The molecule has 3 nitrogen and oxygen atoms in total. The second-order valence-corrected chi connectivity index (χ2v) is 4.90. The molecule has 1 aliphatic heterocycles. The van der Waals surface area contributed by atoms with E-state index in [1.165, 1.54) is 11.3 Å². The fourth-order valence-corrected chi connectivity index (χ4v) is 2.47. The summed E-state index contributed by atoms with van der Waals surface area (Å²) in [4.78, 5) is 2.38. The van der Waals surface area contributed by atoms with Gasteiger partial charge in [0, 0.05) is 12.2 Å². The zero-order valence-corrected chi connectivity index (χ0v) is 11.1. The quantitative estimate of drug-likeness (QED) is 0.825. The van der Waals surface area contributed by atoms with Crippen LogP contribution in [0.3, 0.4) is 0 Å². The van der Waals surface area contributed by atoms with Gasteiger partial charge in [-0.25, -0.2) is 0 Å². The minimum atomic E-state index is 0.433. The monoisotopic (exact) mass is 254 g/mol. The van der Waals surface area contributed by atoms with E-state index in [1.54, 1.807) is 0 Å². The fourth-order valence-electron chi connectivity index (χ4n) is 2.31. The lowest BCUT2D eigenvalue weighted by molar-refractivity contribution is 0.0929. The summed E-state index contributed by atoms with van der Waals surface area (Å²) in [6.45, 7) is 6.74. The second kappa shape index (κ2) is 5.15. The van der Waals surface area contributed by atoms with Gasteiger partial charge >= 0.3 is 0 Å². The molecule has 17 heavy (non-hydrogen) atoms. The van der Waals surface area contributed by atoms with E-state index in [-0.39, 0.29) is 0 Å². The number of nitrogen functional groups attached to an aromatic ring is 1. The maximum absolute atomic E-state index is 6.11. The Balaban J connectivity index is 2.34. The average Bonchev–Trinajstić information content (AvgIpc) is 2.34. The second-order valence-electron chi connectivity index (χ2n) is 4.49. The van der Waals surface area contributed by atoms with Crippen LogP contribution in [0, 0.1) is 6.92 Å². The summed E-state index contributed by atoms with van der Waals surface area (Å²) in [5, 5.41) is 0.631. The molecule has 0 bridgehead atoms. The van der Waals surface area contributed by atoms with E-state index in [0.29, 0.717) is 16.8 Å². The topological polar surface area (TPSA) is 38.5 Å². The van der Waals surface area contributed by atoms with Crippen LogP contribution in [0.25, 0.3) is 0 Å². The zero-order chi connectivity index (χ0) is 12.4. The third kappa shape index (κ3) is 2.50. The lowest BCUT2D eigenvalue weighted by atomic mass is 10.1. The predicted octanol–water partition coefficient (Wildman–Crippen LogP) is 2.85. The van der Waals surface area contributed by atoms with Crippen molar-refractivity contribution in [3.8, 4) is 0 Å². The molecule has 0 amide bonds. The van der Waals surface area contributed by atoms with Gasteiger partial charge in [0.1, 0.15) is 0 Å². The Morgan fingerprint density at radius 2 is 2.29 bits per heavy atom. The highest BCUT2D eigenvalue weighted by molar-refractivity contribution is 6.33. The number of rotatable bonds is 2. The Hall–Kier alpha value is -0.930. The lowest BCUT2D eigenvalue weighted by Crippen LogP contribution is -2.45. The number of benzene rings is 1. The molecule has 2 N–H and O–H groups in total. The fraction of sp³-hybridized carbons (Fsp3) is 0.538. The molecule has 2 rings (SSSR count). The summed E-state index contributed by atoms with van der Waals surface area (Å²) in [5.41, 5.74) is 8.81. The van der Waals surface area contributed by atoms with Crippen LogP contribution >= 0.6 is 11.6 Å². The van der Waals surface area contributed by atoms with Gasteiger partial charge < -0.3 is 15.4 Å². The first-order valence-corrected chi connectivity index (χ1v) is 6.41. The average molecular weight is 255 g/mol. The van der Waals surface area contributed by atoms with Crippen molar-refractivity contribution in [2.24, 2.45) is 0 Å². The van der Waals surface area contributed by atoms with Crippen molar-refractivity contribution < 1.29 is 4.74 Å². The highest BCUT2D eigenvalue weighted by Crippen LogP contribution is 2.31. The first kappa shape index (κ1) is 12.5. The zero-order valence-electron chi connectivity index (χ0n) is 10.4. The summed E-state index contributed by atoms with van der Waals surface area (Å²) in [6.07, 6.45) is 1.07. The maximum Gasteiger partial charge on any atom is 0.0670 e. The molecule has 0 spiro atoms. The summed E-state index contributed by atoms with van der Waals surface area (Å²) in [5.74, 6) is 0. The van der Waals surface area contributed by atoms with Crippen molar-refractivity contribution in [1.82, 2.24) is 0 Å². The van der Waals surface area contributed by atoms with Gasteiger partial charge in [-0.3, -0.25) is 0 Å². The molecule has 94 valence electrons. The molecule has 0 aliphatic carbocycles. The van der Waals surface area contributed by atoms with Gasteiger partial charge in [0.15, 0.2) is 0 Å². The van der Waals surface area contributed by atoms with E-state index < -0.39 is 0 Å². The minimum Gasteiger partial charge on any atom is -0.398 e. The van der Waals surface area contributed by atoms with E-state index in [4.69, 9.17) is 22.1 Å². The number of anilines is 2.